The lowest BCUT2D eigenvalue weighted by atomic mass is 10.0. The van der Waals surface area contributed by atoms with Crippen LogP contribution in [0.1, 0.15) is 23.7 Å². The van der Waals surface area contributed by atoms with Crippen molar-refractivity contribution in [3.63, 3.8) is 0 Å². The number of aliphatic hydroxyl groups excluding tert-OH is 1. The van der Waals surface area contributed by atoms with Crippen molar-refractivity contribution >= 4 is 0 Å². The van der Waals surface area contributed by atoms with Crippen molar-refractivity contribution in [2.75, 3.05) is 0 Å². The molecule has 0 aliphatic carbocycles. The Labute approximate surface area is 80.2 Å². The Bertz CT molecular complexity index is 306. The lowest BCUT2D eigenvalue weighted by Gasteiger charge is -2.15. The Balaban J connectivity index is 2.80. The molecule has 0 bridgehead atoms. The first-order valence-electron chi connectivity index (χ1n) is 4.20. The van der Waals surface area contributed by atoms with E-state index in [1.165, 1.54) is 6.07 Å². The van der Waals surface area contributed by atoms with E-state index in [-0.39, 0.29) is 0 Å². The van der Waals surface area contributed by atoms with Crippen molar-refractivity contribution in [1.82, 2.24) is 0 Å². The van der Waals surface area contributed by atoms with Gasteiger partial charge in [0.25, 0.3) is 0 Å². The van der Waals surface area contributed by atoms with Gasteiger partial charge in [-0.1, -0.05) is 24.3 Å². The minimum absolute atomic E-state index is 0.338. The Morgan fingerprint density at radius 1 is 1.29 bits per heavy atom. The number of rotatable bonds is 2. The van der Waals surface area contributed by atoms with Gasteiger partial charge in [-0.05, 0) is 18.1 Å². The van der Waals surface area contributed by atoms with E-state index in [0.717, 1.165) is 0 Å². The number of aryl methyl sites for hydroxylation is 1. The molecular weight excluding hydrogens is 193 g/mol. The van der Waals surface area contributed by atoms with Crippen LogP contribution in [0.4, 0.5) is 13.2 Å². The average molecular weight is 204 g/mol. The second-order valence-corrected chi connectivity index (χ2v) is 3.19. The molecule has 1 aromatic rings. The van der Waals surface area contributed by atoms with Crippen LogP contribution in [0.25, 0.3) is 0 Å². The lowest BCUT2D eigenvalue weighted by Crippen LogP contribution is -2.14. The number of aliphatic hydroxyl groups is 1. The summed E-state index contributed by atoms with van der Waals surface area (Å²) in [5, 5.41) is 9.32. The molecule has 0 aromatic heterocycles. The smallest absolute Gasteiger partial charge is 0.388 e. The zero-order valence-electron chi connectivity index (χ0n) is 7.67. The fraction of sp³-hybridized carbons (Fsp3) is 0.400. The van der Waals surface area contributed by atoms with Crippen molar-refractivity contribution < 1.29 is 18.3 Å². The van der Waals surface area contributed by atoms with Gasteiger partial charge in [0.05, 0.1) is 12.5 Å². The number of hydrogen-bond acceptors (Lipinski definition) is 1. The lowest BCUT2D eigenvalue weighted by molar-refractivity contribution is -0.154. The van der Waals surface area contributed by atoms with Crippen molar-refractivity contribution in [3.05, 3.63) is 35.4 Å². The summed E-state index contributed by atoms with van der Waals surface area (Å²) in [7, 11) is 0. The highest BCUT2D eigenvalue weighted by Crippen LogP contribution is 2.30. The third kappa shape index (κ3) is 3.03. The predicted octanol–water partition coefficient (Wildman–Crippen LogP) is 2.98. The minimum atomic E-state index is -4.33. The normalized spacial score (nSPS) is 14.1. The summed E-state index contributed by atoms with van der Waals surface area (Å²) in [5.41, 5.74) is 1.01. The molecule has 0 radical (unpaired) electrons. The van der Waals surface area contributed by atoms with Gasteiger partial charge in [0, 0.05) is 0 Å². The molecule has 1 rings (SSSR count). The molecule has 1 unspecified atom stereocenters. The summed E-state index contributed by atoms with van der Waals surface area (Å²) >= 11 is 0. The summed E-state index contributed by atoms with van der Waals surface area (Å²) < 4.78 is 35.9. The van der Waals surface area contributed by atoms with E-state index >= 15 is 0 Å². The molecule has 0 spiro atoms. The van der Waals surface area contributed by atoms with Crippen molar-refractivity contribution in [2.45, 2.75) is 25.6 Å². The van der Waals surface area contributed by atoms with Gasteiger partial charge in [-0.2, -0.15) is 13.2 Å². The molecule has 1 N–H and O–H groups in total. The Kier molecular flexibility index (Phi) is 3.16. The zero-order chi connectivity index (χ0) is 10.8. The predicted molar refractivity (Wildman–Crippen MR) is 46.8 cm³/mol. The number of hydrogen-bond donors (Lipinski definition) is 1. The summed E-state index contributed by atoms with van der Waals surface area (Å²) in [5.74, 6) is 0. The van der Waals surface area contributed by atoms with Crippen molar-refractivity contribution in [3.8, 4) is 0 Å². The van der Waals surface area contributed by atoms with E-state index in [1.54, 1.807) is 25.1 Å². The maximum atomic E-state index is 12.0. The van der Waals surface area contributed by atoms with Gasteiger partial charge >= 0.3 is 6.18 Å². The van der Waals surface area contributed by atoms with E-state index in [4.69, 9.17) is 0 Å². The number of benzene rings is 1. The Hall–Kier alpha value is -1.03. The van der Waals surface area contributed by atoms with Crippen LogP contribution >= 0.6 is 0 Å². The van der Waals surface area contributed by atoms with E-state index in [0.29, 0.717) is 11.1 Å². The van der Waals surface area contributed by atoms with E-state index in [2.05, 4.69) is 0 Å². The fourth-order valence-electron chi connectivity index (χ4n) is 1.29. The molecular formula is C10H11F3O. The van der Waals surface area contributed by atoms with Crippen LogP contribution in [0.2, 0.25) is 0 Å². The second kappa shape index (κ2) is 4.00. The number of halogens is 3. The molecule has 1 aromatic carbocycles. The average Bonchev–Trinajstić information content (AvgIpc) is 2.01. The molecule has 0 aliphatic rings. The maximum Gasteiger partial charge on any atom is 0.391 e. The second-order valence-electron chi connectivity index (χ2n) is 3.19. The van der Waals surface area contributed by atoms with E-state index in [1.807, 2.05) is 0 Å². The van der Waals surface area contributed by atoms with E-state index < -0.39 is 18.7 Å². The Morgan fingerprint density at radius 2 is 1.86 bits per heavy atom. The standard InChI is InChI=1S/C10H11F3O/c1-7-4-2-3-5-8(7)9(14)6-10(11,12)13/h2-5,9,14H,6H2,1H3. The molecule has 0 amide bonds. The SMILES string of the molecule is Cc1ccccc1C(O)CC(F)(F)F. The van der Waals surface area contributed by atoms with Gasteiger partial charge in [0.15, 0.2) is 0 Å². The fourth-order valence-corrected chi connectivity index (χ4v) is 1.29. The van der Waals surface area contributed by atoms with Crippen LogP contribution in [0.3, 0.4) is 0 Å². The van der Waals surface area contributed by atoms with Crippen LogP contribution in [0.5, 0.6) is 0 Å². The third-order valence-corrected chi connectivity index (χ3v) is 1.97. The topological polar surface area (TPSA) is 20.2 Å². The third-order valence-electron chi connectivity index (χ3n) is 1.97. The molecule has 1 nitrogen and oxygen atoms in total. The highest BCUT2D eigenvalue weighted by atomic mass is 19.4. The maximum absolute atomic E-state index is 12.0. The molecule has 1 atom stereocenters. The summed E-state index contributed by atoms with van der Waals surface area (Å²) in [6, 6.07) is 6.52. The first-order valence-corrected chi connectivity index (χ1v) is 4.20. The molecule has 78 valence electrons. The molecule has 0 saturated carbocycles. The summed E-state index contributed by atoms with van der Waals surface area (Å²) in [4.78, 5) is 0. The summed E-state index contributed by atoms with van der Waals surface area (Å²) in [6.45, 7) is 1.68. The zero-order valence-corrected chi connectivity index (χ0v) is 7.67. The van der Waals surface area contributed by atoms with Gasteiger partial charge in [-0.25, -0.2) is 0 Å². The van der Waals surface area contributed by atoms with Crippen LogP contribution in [0, 0.1) is 6.92 Å². The summed E-state index contributed by atoms with van der Waals surface area (Å²) in [6.07, 6.45) is -6.99. The van der Waals surface area contributed by atoms with Crippen LogP contribution in [0.15, 0.2) is 24.3 Å². The highest BCUT2D eigenvalue weighted by molar-refractivity contribution is 5.27. The van der Waals surface area contributed by atoms with Gasteiger partial charge in [-0.3, -0.25) is 0 Å². The van der Waals surface area contributed by atoms with Gasteiger partial charge < -0.3 is 5.11 Å². The van der Waals surface area contributed by atoms with Crippen LogP contribution in [-0.2, 0) is 0 Å². The Morgan fingerprint density at radius 3 is 2.36 bits per heavy atom. The minimum Gasteiger partial charge on any atom is -0.388 e. The van der Waals surface area contributed by atoms with E-state index in [9.17, 15) is 18.3 Å². The molecule has 0 saturated heterocycles. The first-order chi connectivity index (χ1) is 6.40. The van der Waals surface area contributed by atoms with Crippen LogP contribution in [-0.4, -0.2) is 11.3 Å². The van der Waals surface area contributed by atoms with Crippen molar-refractivity contribution in [1.29, 1.82) is 0 Å². The van der Waals surface area contributed by atoms with Gasteiger partial charge in [-0.15, -0.1) is 0 Å². The molecule has 14 heavy (non-hydrogen) atoms. The quantitative estimate of drug-likeness (QED) is 0.785. The molecule has 0 fully saturated rings. The first kappa shape index (κ1) is 11.0. The monoisotopic (exact) mass is 204 g/mol. The van der Waals surface area contributed by atoms with Gasteiger partial charge in [0.1, 0.15) is 0 Å². The van der Waals surface area contributed by atoms with Gasteiger partial charge in [0.2, 0.25) is 0 Å². The molecule has 4 heteroatoms. The number of alkyl halides is 3. The molecule has 0 heterocycles. The van der Waals surface area contributed by atoms with Crippen LogP contribution < -0.4 is 0 Å². The largest absolute Gasteiger partial charge is 0.391 e. The highest BCUT2D eigenvalue weighted by Gasteiger charge is 2.32. The molecule has 0 aliphatic heterocycles. The van der Waals surface area contributed by atoms with Crippen molar-refractivity contribution in [2.24, 2.45) is 0 Å².